The average molecular weight is 296 g/mol. The highest BCUT2D eigenvalue weighted by atomic mass is 32.1. The SMILES string of the molecule is Cc1ncsc1CN(C)c1c(F)cc(C(=N)N)cc1F. The van der Waals surface area contributed by atoms with Crippen molar-refractivity contribution in [1.82, 2.24) is 4.98 Å². The Morgan fingerprint density at radius 2 is 2.00 bits per heavy atom. The van der Waals surface area contributed by atoms with Gasteiger partial charge in [-0.3, -0.25) is 5.41 Å². The minimum Gasteiger partial charge on any atom is -0.384 e. The molecule has 20 heavy (non-hydrogen) atoms. The summed E-state index contributed by atoms with van der Waals surface area (Å²) < 4.78 is 28.0. The quantitative estimate of drug-likeness (QED) is 0.673. The van der Waals surface area contributed by atoms with E-state index in [0.29, 0.717) is 6.54 Å². The van der Waals surface area contributed by atoms with Gasteiger partial charge in [-0.2, -0.15) is 0 Å². The van der Waals surface area contributed by atoms with Crippen LogP contribution < -0.4 is 10.6 Å². The molecule has 1 aromatic heterocycles. The number of nitrogens with two attached hydrogens (primary N) is 1. The molecule has 0 amide bonds. The number of aryl methyl sites for hydroxylation is 1. The summed E-state index contributed by atoms with van der Waals surface area (Å²) in [5.74, 6) is -1.84. The molecule has 4 nitrogen and oxygen atoms in total. The maximum atomic E-state index is 14.0. The number of nitrogen functional groups attached to an aromatic ring is 1. The molecule has 7 heteroatoms. The number of rotatable bonds is 4. The molecule has 0 aliphatic carbocycles. The van der Waals surface area contributed by atoms with E-state index in [1.54, 1.807) is 12.6 Å². The Bertz CT molecular complexity index is 631. The van der Waals surface area contributed by atoms with Crippen molar-refractivity contribution in [3.8, 4) is 0 Å². The fourth-order valence-corrected chi connectivity index (χ4v) is 2.69. The zero-order valence-corrected chi connectivity index (χ0v) is 11.9. The molecule has 106 valence electrons. The number of hydrogen-bond acceptors (Lipinski definition) is 4. The molecular formula is C13H14F2N4S. The summed E-state index contributed by atoms with van der Waals surface area (Å²) in [7, 11) is 1.61. The van der Waals surface area contributed by atoms with Crippen LogP contribution in [-0.2, 0) is 6.54 Å². The number of hydrogen-bond donors (Lipinski definition) is 2. The fourth-order valence-electron chi connectivity index (χ4n) is 1.86. The first-order valence-electron chi connectivity index (χ1n) is 5.83. The van der Waals surface area contributed by atoms with Crippen molar-refractivity contribution in [1.29, 1.82) is 5.41 Å². The van der Waals surface area contributed by atoms with Gasteiger partial charge in [0.2, 0.25) is 0 Å². The maximum Gasteiger partial charge on any atom is 0.150 e. The molecule has 0 spiro atoms. The minimum absolute atomic E-state index is 0.0334. The number of halogens is 2. The van der Waals surface area contributed by atoms with Gasteiger partial charge < -0.3 is 10.6 Å². The van der Waals surface area contributed by atoms with Crippen LogP contribution in [0, 0.1) is 24.0 Å². The van der Waals surface area contributed by atoms with E-state index in [-0.39, 0.29) is 17.1 Å². The van der Waals surface area contributed by atoms with E-state index in [0.717, 1.165) is 22.7 Å². The van der Waals surface area contributed by atoms with Gasteiger partial charge in [-0.05, 0) is 19.1 Å². The third-order valence-electron chi connectivity index (χ3n) is 2.94. The van der Waals surface area contributed by atoms with Crippen LogP contribution in [0.15, 0.2) is 17.6 Å². The zero-order valence-electron chi connectivity index (χ0n) is 11.1. The second-order valence-electron chi connectivity index (χ2n) is 4.42. The van der Waals surface area contributed by atoms with E-state index in [1.807, 2.05) is 6.92 Å². The number of nitrogens with one attached hydrogen (secondary N) is 1. The second kappa shape index (κ2) is 5.54. The van der Waals surface area contributed by atoms with Crippen LogP contribution in [0.3, 0.4) is 0 Å². The molecule has 2 rings (SSSR count). The summed E-state index contributed by atoms with van der Waals surface area (Å²) >= 11 is 1.44. The van der Waals surface area contributed by atoms with Crippen LogP contribution in [0.25, 0.3) is 0 Å². The smallest absolute Gasteiger partial charge is 0.150 e. The lowest BCUT2D eigenvalue weighted by molar-refractivity contribution is 0.576. The molecule has 0 radical (unpaired) electrons. The first kappa shape index (κ1) is 14.4. The monoisotopic (exact) mass is 296 g/mol. The highest BCUT2D eigenvalue weighted by molar-refractivity contribution is 7.09. The van der Waals surface area contributed by atoms with Gasteiger partial charge in [-0.25, -0.2) is 13.8 Å². The number of anilines is 1. The summed E-state index contributed by atoms with van der Waals surface area (Å²) in [4.78, 5) is 6.53. The van der Waals surface area contributed by atoms with Crippen LogP contribution in [0.5, 0.6) is 0 Å². The summed E-state index contributed by atoms with van der Waals surface area (Å²) in [6.07, 6.45) is 0. The zero-order chi connectivity index (χ0) is 14.9. The molecule has 0 bridgehead atoms. The lowest BCUT2D eigenvalue weighted by Crippen LogP contribution is -2.20. The Morgan fingerprint density at radius 1 is 1.40 bits per heavy atom. The lowest BCUT2D eigenvalue weighted by Gasteiger charge is -2.20. The first-order valence-corrected chi connectivity index (χ1v) is 6.71. The Hall–Kier alpha value is -2.02. The molecule has 0 saturated carbocycles. The van der Waals surface area contributed by atoms with Gasteiger partial charge in [-0.15, -0.1) is 11.3 Å². The van der Waals surface area contributed by atoms with Crippen molar-refractivity contribution in [2.45, 2.75) is 13.5 Å². The van der Waals surface area contributed by atoms with E-state index >= 15 is 0 Å². The molecule has 0 atom stereocenters. The highest BCUT2D eigenvalue weighted by Crippen LogP contribution is 2.26. The first-order chi connectivity index (χ1) is 9.40. The number of nitrogens with zero attached hydrogens (tertiary/aromatic N) is 2. The highest BCUT2D eigenvalue weighted by Gasteiger charge is 2.17. The minimum atomic E-state index is -0.736. The fraction of sp³-hybridized carbons (Fsp3) is 0.231. The van der Waals surface area contributed by atoms with Crippen LogP contribution in [0.4, 0.5) is 14.5 Å². The topological polar surface area (TPSA) is 66.0 Å². The molecule has 2 aromatic rings. The largest absolute Gasteiger partial charge is 0.384 e. The van der Waals surface area contributed by atoms with Crippen molar-refractivity contribution < 1.29 is 8.78 Å². The van der Waals surface area contributed by atoms with Crippen LogP contribution in [-0.4, -0.2) is 17.9 Å². The van der Waals surface area contributed by atoms with Gasteiger partial charge in [0.25, 0.3) is 0 Å². The van der Waals surface area contributed by atoms with Crippen molar-refractivity contribution in [3.63, 3.8) is 0 Å². The van der Waals surface area contributed by atoms with Crippen LogP contribution >= 0.6 is 11.3 Å². The standard InChI is InChI=1S/C13H14F2N4S/c1-7-11(20-6-18-7)5-19(2)12-9(14)3-8(13(16)17)4-10(12)15/h3-4,6H,5H2,1-2H3,(H3,16,17). The Labute approximate surface area is 119 Å². The van der Waals surface area contributed by atoms with Gasteiger partial charge in [0.15, 0.2) is 0 Å². The summed E-state index contributed by atoms with van der Waals surface area (Å²) in [6, 6.07) is 2.13. The molecule has 1 heterocycles. The number of thiazole rings is 1. The molecule has 0 aliphatic heterocycles. The van der Waals surface area contributed by atoms with E-state index in [2.05, 4.69) is 4.98 Å². The molecule has 3 N–H and O–H groups in total. The number of amidine groups is 1. The molecule has 1 aromatic carbocycles. The summed E-state index contributed by atoms with van der Waals surface area (Å²) in [5, 5.41) is 7.22. The Balaban J connectivity index is 2.33. The predicted molar refractivity (Wildman–Crippen MR) is 76.3 cm³/mol. The third kappa shape index (κ3) is 2.77. The van der Waals surface area contributed by atoms with Gasteiger partial charge >= 0.3 is 0 Å². The van der Waals surface area contributed by atoms with Crippen molar-refractivity contribution in [2.24, 2.45) is 5.73 Å². The molecule has 0 fully saturated rings. The Kier molecular flexibility index (Phi) is 3.99. The Morgan fingerprint density at radius 3 is 2.45 bits per heavy atom. The number of aromatic nitrogens is 1. The van der Waals surface area contributed by atoms with Gasteiger partial charge in [0, 0.05) is 17.5 Å². The van der Waals surface area contributed by atoms with E-state index in [1.165, 1.54) is 16.2 Å². The van der Waals surface area contributed by atoms with Crippen LogP contribution in [0.1, 0.15) is 16.1 Å². The normalized spacial score (nSPS) is 10.6. The predicted octanol–water partition coefficient (Wildman–Crippen LogP) is 2.65. The number of benzene rings is 1. The molecule has 0 saturated heterocycles. The lowest BCUT2D eigenvalue weighted by atomic mass is 10.1. The average Bonchev–Trinajstić information content (AvgIpc) is 2.74. The van der Waals surface area contributed by atoms with Gasteiger partial charge in [0.05, 0.1) is 17.7 Å². The van der Waals surface area contributed by atoms with Crippen molar-refractivity contribution >= 4 is 22.9 Å². The van der Waals surface area contributed by atoms with E-state index < -0.39 is 11.6 Å². The van der Waals surface area contributed by atoms with E-state index in [4.69, 9.17) is 11.1 Å². The van der Waals surface area contributed by atoms with E-state index in [9.17, 15) is 8.78 Å². The second-order valence-corrected chi connectivity index (χ2v) is 5.36. The van der Waals surface area contributed by atoms with Gasteiger partial charge in [0.1, 0.15) is 23.2 Å². The molecular weight excluding hydrogens is 282 g/mol. The molecule has 0 aliphatic rings. The van der Waals surface area contributed by atoms with Gasteiger partial charge in [-0.1, -0.05) is 0 Å². The third-order valence-corrected chi connectivity index (χ3v) is 3.86. The van der Waals surface area contributed by atoms with Crippen LogP contribution in [0.2, 0.25) is 0 Å². The summed E-state index contributed by atoms with van der Waals surface area (Å²) in [6.45, 7) is 2.22. The van der Waals surface area contributed by atoms with Crippen molar-refractivity contribution in [3.05, 3.63) is 45.4 Å². The van der Waals surface area contributed by atoms with Crippen molar-refractivity contribution in [2.75, 3.05) is 11.9 Å². The summed E-state index contributed by atoms with van der Waals surface area (Å²) in [5.41, 5.74) is 7.68. The molecule has 0 unspecified atom stereocenters. The maximum absolute atomic E-state index is 14.0.